The molecular formula is C34H34O10. The van der Waals surface area contributed by atoms with Crippen molar-refractivity contribution in [2.24, 2.45) is 0 Å². The van der Waals surface area contributed by atoms with Gasteiger partial charge < -0.3 is 28.4 Å². The number of hydrogen-bond acceptors (Lipinski definition) is 10. The van der Waals surface area contributed by atoms with Crippen LogP contribution in [0.5, 0.6) is 0 Å². The molecule has 0 aliphatic rings. The summed E-state index contributed by atoms with van der Waals surface area (Å²) < 4.78 is 31.2. The van der Waals surface area contributed by atoms with E-state index in [1.54, 1.807) is 24.3 Å². The molecule has 3 aromatic rings. The van der Waals surface area contributed by atoms with Gasteiger partial charge in [-0.3, -0.25) is 0 Å². The van der Waals surface area contributed by atoms with Crippen LogP contribution in [0.3, 0.4) is 0 Å². The highest BCUT2D eigenvalue weighted by atomic mass is 16.6. The van der Waals surface area contributed by atoms with Crippen LogP contribution in [0.15, 0.2) is 97.1 Å². The quantitative estimate of drug-likeness (QED) is 0.0887. The molecule has 0 amide bonds. The fourth-order valence-electron chi connectivity index (χ4n) is 3.54. The van der Waals surface area contributed by atoms with Gasteiger partial charge in [0, 0.05) is 12.2 Å². The molecule has 0 N–H and O–H groups in total. The SMILES string of the molecule is O=C(/C=C/c1ccccc1)OCCOCCOC(=O)c1ccccc1C(=O)OCCOCCOC(=O)/C=C/c1ccccc1. The second-order valence-electron chi connectivity index (χ2n) is 8.87. The van der Waals surface area contributed by atoms with Crippen molar-refractivity contribution >= 4 is 36.0 Å². The van der Waals surface area contributed by atoms with E-state index in [1.807, 2.05) is 60.7 Å². The summed E-state index contributed by atoms with van der Waals surface area (Å²) in [6.45, 7) is 0.359. The molecule has 0 aromatic heterocycles. The van der Waals surface area contributed by atoms with Gasteiger partial charge in [0.1, 0.15) is 26.4 Å². The summed E-state index contributed by atoms with van der Waals surface area (Å²) in [5.74, 6) is -2.41. The molecule has 0 bridgehead atoms. The van der Waals surface area contributed by atoms with E-state index in [4.69, 9.17) is 28.4 Å². The average molecular weight is 603 g/mol. The van der Waals surface area contributed by atoms with Crippen molar-refractivity contribution in [2.75, 3.05) is 52.9 Å². The van der Waals surface area contributed by atoms with Gasteiger partial charge in [0.25, 0.3) is 0 Å². The first-order valence-electron chi connectivity index (χ1n) is 13.9. The summed E-state index contributed by atoms with van der Waals surface area (Å²) in [4.78, 5) is 48.6. The number of esters is 4. The molecule has 230 valence electrons. The van der Waals surface area contributed by atoms with E-state index in [-0.39, 0.29) is 64.0 Å². The van der Waals surface area contributed by atoms with Gasteiger partial charge in [-0.15, -0.1) is 0 Å². The minimum absolute atomic E-state index is 0.0432. The normalized spacial score (nSPS) is 10.9. The second kappa shape index (κ2) is 20.0. The summed E-state index contributed by atoms with van der Waals surface area (Å²) in [6.07, 6.45) is 5.97. The van der Waals surface area contributed by atoms with Gasteiger partial charge in [0.05, 0.1) is 37.6 Å². The van der Waals surface area contributed by atoms with Crippen molar-refractivity contribution in [1.29, 1.82) is 0 Å². The Bertz CT molecular complexity index is 1280. The van der Waals surface area contributed by atoms with Crippen LogP contribution in [0.4, 0.5) is 0 Å². The molecule has 0 saturated carbocycles. The molecular weight excluding hydrogens is 568 g/mol. The summed E-state index contributed by atoms with van der Waals surface area (Å²) >= 11 is 0. The van der Waals surface area contributed by atoms with E-state index in [0.717, 1.165) is 11.1 Å². The first kappa shape index (κ1) is 33.4. The van der Waals surface area contributed by atoms with Crippen LogP contribution < -0.4 is 0 Å². The highest BCUT2D eigenvalue weighted by molar-refractivity contribution is 6.03. The van der Waals surface area contributed by atoms with Crippen molar-refractivity contribution in [2.45, 2.75) is 0 Å². The predicted octanol–water partition coefficient (Wildman–Crippen LogP) is 4.55. The predicted molar refractivity (Wildman–Crippen MR) is 162 cm³/mol. The van der Waals surface area contributed by atoms with E-state index < -0.39 is 23.9 Å². The molecule has 0 saturated heterocycles. The van der Waals surface area contributed by atoms with E-state index in [2.05, 4.69) is 0 Å². The Morgan fingerprint density at radius 2 is 0.773 bits per heavy atom. The molecule has 44 heavy (non-hydrogen) atoms. The van der Waals surface area contributed by atoms with Crippen molar-refractivity contribution in [1.82, 2.24) is 0 Å². The monoisotopic (exact) mass is 602 g/mol. The van der Waals surface area contributed by atoms with E-state index in [0.29, 0.717) is 0 Å². The summed E-state index contributed by atoms with van der Waals surface area (Å²) in [5.41, 5.74) is 1.86. The lowest BCUT2D eigenvalue weighted by molar-refractivity contribution is -0.140. The maximum absolute atomic E-state index is 12.5. The Balaban J connectivity index is 1.25. The van der Waals surface area contributed by atoms with E-state index in [1.165, 1.54) is 24.3 Å². The van der Waals surface area contributed by atoms with Crippen LogP contribution in [0, 0.1) is 0 Å². The zero-order valence-corrected chi connectivity index (χ0v) is 24.1. The maximum Gasteiger partial charge on any atom is 0.339 e. The van der Waals surface area contributed by atoms with Crippen LogP contribution in [0.1, 0.15) is 31.8 Å². The summed E-state index contributed by atoms with van der Waals surface area (Å²) in [7, 11) is 0. The number of carbonyl (C=O) groups is 4. The topological polar surface area (TPSA) is 124 Å². The molecule has 0 fully saturated rings. The summed E-state index contributed by atoms with van der Waals surface area (Å²) in [5, 5.41) is 0. The van der Waals surface area contributed by atoms with Gasteiger partial charge in [-0.1, -0.05) is 72.8 Å². The molecule has 0 radical (unpaired) electrons. The largest absolute Gasteiger partial charge is 0.460 e. The third-order valence-corrected chi connectivity index (χ3v) is 5.66. The zero-order chi connectivity index (χ0) is 31.2. The third kappa shape index (κ3) is 13.3. The lowest BCUT2D eigenvalue weighted by atomic mass is 10.1. The minimum atomic E-state index is -0.710. The lowest BCUT2D eigenvalue weighted by Gasteiger charge is -2.10. The number of hydrogen-bond donors (Lipinski definition) is 0. The molecule has 0 heterocycles. The lowest BCUT2D eigenvalue weighted by Crippen LogP contribution is -2.18. The Kier molecular flexibility index (Phi) is 15.2. The number of ether oxygens (including phenoxy) is 6. The van der Waals surface area contributed by atoms with Crippen molar-refractivity contribution in [3.05, 3.63) is 119 Å². The van der Waals surface area contributed by atoms with Crippen LogP contribution >= 0.6 is 0 Å². The molecule has 3 rings (SSSR count). The van der Waals surface area contributed by atoms with Gasteiger partial charge in [-0.2, -0.15) is 0 Å². The Morgan fingerprint density at radius 1 is 0.432 bits per heavy atom. The average Bonchev–Trinajstić information content (AvgIpc) is 3.06. The van der Waals surface area contributed by atoms with Crippen LogP contribution in [0.2, 0.25) is 0 Å². The fourth-order valence-corrected chi connectivity index (χ4v) is 3.54. The van der Waals surface area contributed by atoms with Crippen molar-refractivity contribution < 1.29 is 47.6 Å². The van der Waals surface area contributed by atoms with Gasteiger partial charge in [0.15, 0.2) is 0 Å². The molecule has 0 unspecified atom stereocenters. The smallest absolute Gasteiger partial charge is 0.339 e. The maximum atomic E-state index is 12.5. The van der Waals surface area contributed by atoms with Gasteiger partial charge >= 0.3 is 23.9 Å². The first-order chi connectivity index (χ1) is 21.5. The molecule has 0 atom stereocenters. The Morgan fingerprint density at radius 3 is 1.16 bits per heavy atom. The van der Waals surface area contributed by atoms with Gasteiger partial charge in [0.2, 0.25) is 0 Å². The first-order valence-corrected chi connectivity index (χ1v) is 13.9. The Labute approximate surface area is 255 Å². The van der Waals surface area contributed by atoms with E-state index >= 15 is 0 Å². The highest BCUT2D eigenvalue weighted by Crippen LogP contribution is 2.12. The van der Waals surface area contributed by atoms with Gasteiger partial charge in [-0.05, 0) is 35.4 Å². The van der Waals surface area contributed by atoms with Crippen LogP contribution in [-0.4, -0.2) is 76.7 Å². The molecule has 10 nitrogen and oxygen atoms in total. The molecule has 0 aliphatic carbocycles. The number of rotatable bonds is 18. The number of carbonyl (C=O) groups excluding carboxylic acids is 4. The van der Waals surface area contributed by atoms with Crippen molar-refractivity contribution in [3.63, 3.8) is 0 Å². The van der Waals surface area contributed by atoms with Crippen molar-refractivity contribution in [3.8, 4) is 0 Å². The Hall–Kier alpha value is -5.06. The van der Waals surface area contributed by atoms with Gasteiger partial charge in [-0.25, -0.2) is 19.2 Å². The molecule has 10 heteroatoms. The highest BCUT2D eigenvalue weighted by Gasteiger charge is 2.19. The summed E-state index contributed by atoms with van der Waals surface area (Å²) in [6, 6.07) is 24.8. The van der Waals surface area contributed by atoms with Crippen LogP contribution in [0.25, 0.3) is 12.2 Å². The fraction of sp³-hybridized carbons (Fsp3) is 0.235. The minimum Gasteiger partial charge on any atom is -0.460 e. The molecule has 0 aliphatic heterocycles. The zero-order valence-electron chi connectivity index (χ0n) is 24.1. The molecule has 0 spiro atoms. The third-order valence-electron chi connectivity index (χ3n) is 5.66. The number of benzene rings is 3. The molecule has 3 aromatic carbocycles. The second-order valence-corrected chi connectivity index (χ2v) is 8.87. The standard InChI is InChI=1S/C34H34O10/c35-31(17-15-27-9-3-1-4-10-27)41-23-19-39-21-25-43-33(37)29-13-7-8-14-30(29)34(38)44-26-22-40-20-24-42-32(36)18-16-28-11-5-2-6-12-28/h1-18H,19-26H2/b17-15+,18-16+. The van der Waals surface area contributed by atoms with E-state index in [9.17, 15) is 19.2 Å². The van der Waals surface area contributed by atoms with Crippen LogP contribution in [-0.2, 0) is 38.0 Å².